The molecule has 7 nitrogen and oxygen atoms in total. The number of esters is 1. The normalized spacial score (nSPS) is 22.9. The van der Waals surface area contributed by atoms with Crippen LogP contribution in [-0.4, -0.2) is 42.5 Å². The van der Waals surface area contributed by atoms with Crippen molar-refractivity contribution in [1.82, 2.24) is 10.3 Å². The van der Waals surface area contributed by atoms with Crippen LogP contribution in [0.5, 0.6) is 0 Å². The minimum Gasteiger partial charge on any atom is -0.462 e. The van der Waals surface area contributed by atoms with Gasteiger partial charge in [-0.25, -0.2) is 9.78 Å². The van der Waals surface area contributed by atoms with Crippen molar-refractivity contribution in [2.45, 2.75) is 32.6 Å². The quantitative estimate of drug-likeness (QED) is 0.643. The summed E-state index contributed by atoms with van der Waals surface area (Å²) in [6, 6.07) is 5.35. The van der Waals surface area contributed by atoms with E-state index in [0.29, 0.717) is 25.1 Å². The molecule has 2 aliphatic rings. The lowest BCUT2D eigenvalue weighted by Crippen LogP contribution is -2.43. The maximum Gasteiger partial charge on any atom is 0.338 e. The number of nitrogens with one attached hydrogen (secondary N) is 1. The molecule has 0 saturated carbocycles. The lowest BCUT2D eigenvalue weighted by Gasteiger charge is -2.25. The molecule has 0 aliphatic carbocycles. The van der Waals surface area contributed by atoms with E-state index < -0.39 is 5.41 Å². The molecule has 2 saturated heterocycles. The zero-order chi connectivity index (χ0) is 19.0. The Kier molecular flexibility index (Phi) is 4.59. The molecule has 1 aromatic carbocycles. The molecule has 1 N–H and O–H groups in total. The van der Waals surface area contributed by atoms with Crippen molar-refractivity contribution >= 4 is 44.5 Å². The SMILES string of the molecule is CCOC(=O)c1ccc2nc(N3CCC4(CCCC(=O)NC4=O)C3)sc2c1. The van der Waals surface area contributed by atoms with Gasteiger partial charge in [-0.1, -0.05) is 11.3 Å². The molecule has 2 aromatic rings. The second kappa shape index (κ2) is 6.92. The number of fused-ring (bicyclic) bond motifs is 1. The molecule has 27 heavy (non-hydrogen) atoms. The van der Waals surface area contributed by atoms with Crippen molar-refractivity contribution < 1.29 is 19.1 Å². The highest BCUT2D eigenvalue weighted by Gasteiger charge is 2.46. The minimum atomic E-state index is -0.514. The summed E-state index contributed by atoms with van der Waals surface area (Å²) < 4.78 is 5.97. The number of thiazole rings is 1. The Bertz CT molecular complexity index is 925. The molecule has 0 radical (unpaired) electrons. The molecule has 2 amide bonds. The van der Waals surface area contributed by atoms with Gasteiger partial charge in [-0.3, -0.25) is 14.9 Å². The summed E-state index contributed by atoms with van der Waals surface area (Å²) in [5.41, 5.74) is 0.823. The highest BCUT2D eigenvalue weighted by Crippen LogP contribution is 2.41. The van der Waals surface area contributed by atoms with Gasteiger partial charge in [0.15, 0.2) is 5.13 Å². The van der Waals surface area contributed by atoms with Crippen LogP contribution in [0, 0.1) is 5.41 Å². The van der Waals surface area contributed by atoms with E-state index >= 15 is 0 Å². The summed E-state index contributed by atoms with van der Waals surface area (Å²) in [6.45, 7) is 3.41. The number of imide groups is 1. The molecule has 2 fully saturated rings. The van der Waals surface area contributed by atoms with Gasteiger partial charge in [0.25, 0.3) is 0 Å². The molecule has 3 heterocycles. The Balaban J connectivity index is 1.57. The van der Waals surface area contributed by atoms with Crippen molar-refractivity contribution in [2.75, 3.05) is 24.6 Å². The molecule has 8 heteroatoms. The first kappa shape index (κ1) is 17.9. The van der Waals surface area contributed by atoms with E-state index in [1.807, 2.05) is 6.07 Å². The third-order valence-corrected chi connectivity index (χ3v) is 6.39. The van der Waals surface area contributed by atoms with Crippen molar-refractivity contribution in [1.29, 1.82) is 0 Å². The number of benzene rings is 1. The Morgan fingerprint density at radius 1 is 1.37 bits per heavy atom. The van der Waals surface area contributed by atoms with E-state index in [-0.39, 0.29) is 17.8 Å². The Labute approximate surface area is 160 Å². The van der Waals surface area contributed by atoms with E-state index in [1.54, 1.807) is 19.1 Å². The lowest BCUT2D eigenvalue weighted by atomic mass is 9.82. The van der Waals surface area contributed by atoms with Gasteiger partial charge < -0.3 is 9.64 Å². The maximum atomic E-state index is 12.6. The molecule has 1 unspecified atom stereocenters. The highest BCUT2D eigenvalue weighted by molar-refractivity contribution is 7.22. The fourth-order valence-electron chi connectivity index (χ4n) is 3.84. The molecule has 1 spiro atoms. The van der Waals surface area contributed by atoms with Crippen LogP contribution in [0.1, 0.15) is 43.0 Å². The number of hydrogen-bond acceptors (Lipinski definition) is 7. The fraction of sp³-hybridized carbons (Fsp3) is 0.474. The average Bonchev–Trinajstić information content (AvgIpc) is 3.22. The molecule has 142 valence electrons. The number of anilines is 1. The summed E-state index contributed by atoms with van der Waals surface area (Å²) in [5, 5.41) is 3.37. The number of carbonyl (C=O) groups excluding carboxylic acids is 3. The number of nitrogens with zero attached hydrogens (tertiary/aromatic N) is 2. The largest absolute Gasteiger partial charge is 0.462 e. The van der Waals surface area contributed by atoms with Gasteiger partial charge in [-0.2, -0.15) is 0 Å². The summed E-state index contributed by atoms with van der Waals surface area (Å²) >= 11 is 1.51. The van der Waals surface area contributed by atoms with Crippen LogP contribution >= 0.6 is 11.3 Å². The number of hydrogen-bond donors (Lipinski definition) is 1. The highest BCUT2D eigenvalue weighted by atomic mass is 32.1. The summed E-state index contributed by atoms with van der Waals surface area (Å²) in [4.78, 5) is 42.9. The standard InChI is InChI=1S/C19H21N3O4S/c1-2-26-16(24)12-5-6-13-14(10-12)27-18(20-13)22-9-8-19(11-22)7-3-4-15(23)21-17(19)25/h5-6,10H,2-4,7-9,11H2,1H3,(H,21,23,25). The number of carbonyl (C=O) groups is 3. The third kappa shape index (κ3) is 3.29. The average molecular weight is 387 g/mol. The van der Waals surface area contributed by atoms with Gasteiger partial charge in [-0.05, 0) is 44.4 Å². The second-order valence-electron chi connectivity index (χ2n) is 7.08. The summed E-state index contributed by atoms with van der Waals surface area (Å²) in [7, 11) is 0. The van der Waals surface area contributed by atoms with Crippen LogP contribution in [0.4, 0.5) is 5.13 Å². The van der Waals surface area contributed by atoms with Crippen LogP contribution in [0.25, 0.3) is 10.2 Å². The van der Waals surface area contributed by atoms with E-state index in [4.69, 9.17) is 4.74 Å². The number of rotatable bonds is 3. The Hall–Kier alpha value is -2.48. The Morgan fingerprint density at radius 3 is 3.04 bits per heavy atom. The van der Waals surface area contributed by atoms with E-state index in [2.05, 4.69) is 15.2 Å². The van der Waals surface area contributed by atoms with Crippen LogP contribution in [-0.2, 0) is 14.3 Å². The predicted octanol–water partition coefficient (Wildman–Crippen LogP) is 2.50. The maximum absolute atomic E-state index is 12.6. The summed E-state index contributed by atoms with van der Waals surface area (Å²) in [5.74, 6) is -0.672. The van der Waals surface area contributed by atoms with Gasteiger partial charge in [0.05, 0.1) is 27.8 Å². The molecule has 1 atom stereocenters. The molecule has 0 bridgehead atoms. The molecule has 2 aliphatic heterocycles. The number of ether oxygens (including phenoxy) is 1. The monoisotopic (exact) mass is 387 g/mol. The van der Waals surface area contributed by atoms with E-state index in [9.17, 15) is 14.4 Å². The minimum absolute atomic E-state index is 0.154. The first-order valence-corrected chi connectivity index (χ1v) is 9.99. The lowest BCUT2D eigenvalue weighted by molar-refractivity contribution is -0.134. The van der Waals surface area contributed by atoms with Crippen molar-refractivity contribution in [3.8, 4) is 0 Å². The summed E-state index contributed by atoms with van der Waals surface area (Å²) in [6.07, 6.45) is 2.58. The number of amides is 2. The fourth-order valence-corrected chi connectivity index (χ4v) is 4.87. The Morgan fingerprint density at radius 2 is 2.22 bits per heavy atom. The first-order valence-electron chi connectivity index (χ1n) is 9.18. The van der Waals surface area contributed by atoms with Crippen LogP contribution in [0.2, 0.25) is 0 Å². The first-order chi connectivity index (χ1) is 13.0. The van der Waals surface area contributed by atoms with Gasteiger partial charge in [-0.15, -0.1) is 0 Å². The topological polar surface area (TPSA) is 88.6 Å². The predicted molar refractivity (Wildman–Crippen MR) is 102 cm³/mol. The van der Waals surface area contributed by atoms with E-state index in [1.165, 1.54) is 11.3 Å². The van der Waals surface area contributed by atoms with Crippen molar-refractivity contribution in [2.24, 2.45) is 5.41 Å². The van der Waals surface area contributed by atoms with E-state index in [0.717, 1.165) is 41.2 Å². The zero-order valence-corrected chi connectivity index (χ0v) is 15.9. The van der Waals surface area contributed by atoms with Crippen molar-refractivity contribution in [3.63, 3.8) is 0 Å². The van der Waals surface area contributed by atoms with Crippen LogP contribution in [0.3, 0.4) is 0 Å². The molecular formula is C19H21N3O4S. The van der Waals surface area contributed by atoms with Gasteiger partial charge in [0.1, 0.15) is 0 Å². The molecule has 4 rings (SSSR count). The smallest absolute Gasteiger partial charge is 0.338 e. The van der Waals surface area contributed by atoms with Crippen LogP contribution in [0.15, 0.2) is 18.2 Å². The molecule has 1 aromatic heterocycles. The number of aromatic nitrogens is 1. The van der Waals surface area contributed by atoms with Crippen molar-refractivity contribution in [3.05, 3.63) is 23.8 Å². The molecular weight excluding hydrogens is 366 g/mol. The van der Waals surface area contributed by atoms with Gasteiger partial charge >= 0.3 is 5.97 Å². The van der Waals surface area contributed by atoms with Gasteiger partial charge in [0.2, 0.25) is 11.8 Å². The second-order valence-corrected chi connectivity index (χ2v) is 8.09. The third-order valence-electron chi connectivity index (χ3n) is 5.31. The van der Waals surface area contributed by atoms with Crippen LogP contribution < -0.4 is 10.2 Å². The zero-order valence-electron chi connectivity index (χ0n) is 15.1. The van der Waals surface area contributed by atoms with Gasteiger partial charge in [0, 0.05) is 19.5 Å².